The summed E-state index contributed by atoms with van der Waals surface area (Å²) in [5.74, 6) is -0.391. The largest absolute Gasteiger partial charge is 0.493 e. The average molecular weight is 319 g/mol. The van der Waals surface area contributed by atoms with Crippen molar-refractivity contribution in [3.05, 3.63) is 27.7 Å². The van der Waals surface area contributed by atoms with Crippen molar-refractivity contribution in [3.63, 3.8) is 0 Å². The number of carboxylic acids is 1. The first-order chi connectivity index (χ1) is 8.06. The molecule has 0 saturated carbocycles. The molecule has 0 fully saturated rings. The van der Waals surface area contributed by atoms with Crippen LogP contribution in [0.5, 0.6) is 5.75 Å². The Morgan fingerprint density at radius 3 is 3.00 bits per heavy atom. The van der Waals surface area contributed by atoms with Gasteiger partial charge in [0.15, 0.2) is 0 Å². The number of carboxylic acid groups (broad SMARTS) is 1. The first-order valence-electron chi connectivity index (χ1n) is 5.07. The second kappa shape index (κ2) is 5.18. The van der Waals surface area contributed by atoms with Crippen LogP contribution in [0.15, 0.2) is 16.6 Å². The Labute approximate surface area is 110 Å². The van der Waals surface area contributed by atoms with Gasteiger partial charge in [-0.1, -0.05) is 15.9 Å². The lowest BCUT2D eigenvalue weighted by atomic mass is 10.1. The van der Waals surface area contributed by atoms with E-state index >= 15 is 0 Å². The van der Waals surface area contributed by atoms with Crippen molar-refractivity contribution in [1.82, 2.24) is 0 Å². The first kappa shape index (κ1) is 12.6. The van der Waals surface area contributed by atoms with Crippen molar-refractivity contribution < 1.29 is 18.8 Å². The fourth-order valence-electron chi connectivity index (χ4n) is 1.82. The number of rotatable bonds is 4. The summed E-state index contributed by atoms with van der Waals surface area (Å²) in [7, 11) is -1.40. The van der Waals surface area contributed by atoms with Gasteiger partial charge >= 0.3 is 5.97 Å². The van der Waals surface area contributed by atoms with Crippen molar-refractivity contribution in [2.24, 2.45) is 0 Å². The molecule has 92 valence electrons. The second-order valence-corrected chi connectivity index (χ2v) is 6.15. The highest BCUT2D eigenvalue weighted by atomic mass is 79.9. The van der Waals surface area contributed by atoms with Gasteiger partial charge in [0, 0.05) is 27.3 Å². The van der Waals surface area contributed by atoms with Crippen molar-refractivity contribution in [2.45, 2.75) is 12.2 Å². The number of benzene rings is 1. The molecule has 0 aliphatic carbocycles. The fourth-order valence-corrected chi connectivity index (χ4v) is 3.31. The SMILES string of the molecule is O=C(O)CS(=O)Cc1cc(Br)cc2c1OCC2. The molecule has 1 aliphatic rings. The third kappa shape index (κ3) is 3.07. The van der Waals surface area contributed by atoms with Crippen LogP contribution in [-0.4, -0.2) is 27.6 Å². The van der Waals surface area contributed by atoms with Crippen LogP contribution in [0.3, 0.4) is 0 Å². The lowest BCUT2D eigenvalue weighted by molar-refractivity contribution is -0.133. The zero-order chi connectivity index (χ0) is 12.4. The Morgan fingerprint density at radius 1 is 1.53 bits per heavy atom. The van der Waals surface area contributed by atoms with E-state index in [1.807, 2.05) is 12.1 Å². The van der Waals surface area contributed by atoms with Crippen molar-refractivity contribution >= 4 is 32.7 Å². The maximum absolute atomic E-state index is 11.6. The quantitative estimate of drug-likeness (QED) is 0.918. The van der Waals surface area contributed by atoms with E-state index in [-0.39, 0.29) is 11.5 Å². The van der Waals surface area contributed by atoms with E-state index in [0.717, 1.165) is 27.8 Å². The van der Waals surface area contributed by atoms with Crippen LogP contribution >= 0.6 is 15.9 Å². The van der Waals surface area contributed by atoms with Gasteiger partial charge in [0.05, 0.1) is 12.4 Å². The van der Waals surface area contributed by atoms with Crippen molar-refractivity contribution in [3.8, 4) is 5.75 Å². The second-order valence-electron chi connectivity index (χ2n) is 3.77. The molecule has 0 radical (unpaired) electrons. The van der Waals surface area contributed by atoms with Crippen LogP contribution in [-0.2, 0) is 27.8 Å². The number of ether oxygens (including phenoxy) is 1. The Kier molecular flexibility index (Phi) is 3.83. The molecule has 1 aliphatic heterocycles. The molecule has 1 aromatic carbocycles. The molecule has 0 spiro atoms. The molecule has 1 N–H and O–H groups in total. The molecule has 1 heterocycles. The van der Waals surface area contributed by atoms with E-state index in [0.29, 0.717) is 6.61 Å². The van der Waals surface area contributed by atoms with Crippen LogP contribution in [0.25, 0.3) is 0 Å². The summed E-state index contributed by atoms with van der Waals surface area (Å²) >= 11 is 3.39. The highest BCUT2D eigenvalue weighted by Gasteiger charge is 2.19. The molecule has 1 unspecified atom stereocenters. The summed E-state index contributed by atoms with van der Waals surface area (Å²) in [6.07, 6.45) is 0.841. The minimum absolute atomic E-state index is 0.216. The van der Waals surface area contributed by atoms with E-state index in [2.05, 4.69) is 15.9 Å². The van der Waals surface area contributed by atoms with Gasteiger partial charge in [0.1, 0.15) is 11.5 Å². The summed E-state index contributed by atoms with van der Waals surface area (Å²) in [4.78, 5) is 10.5. The summed E-state index contributed by atoms with van der Waals surface area (Å²) < 4.78 is 18.0. The molecule has 2 rings (SSSR count). The van der Waals surface area contributed by atoms with Gasteiger partial charge in [-0.25, -0.2) is 0 Å². The Balaban J connectivity index is 2.21. The first-order valence-corrected chi connectivity index (χ1v) is 7.35. The van der Waals surface area contributed by atoms with Crippen LogP contribution in [0.1, 0.15) is 11.1 Å². The van der Waals surface area contributed by atoms with Gasteiger partial charge < -0.3 is 9.84 Å². The molecule has 17 heavy (non-hydrogen) atoms. The molecular formula is C11H11BrO4S. The Hall–Kier alpha value is -0.880. The van der Waals surface area contributed by atoms with Gasteiger partial charge in [-0.3, -0.25) is 9.00 Å². The van der Waals surface area contributed by atoms with Crippen LogP contribution in [0, 0.1) is 0 Å². The molecule has 0 aromatic heterocycles. The summed E-state index contributed by atoms with van der Waals surface area (Å²) in [6, 6.07) is 3.82. The van der Waals surface area contributed by atoms with Crippen LogP contribution < -0.4 is 4.74 Å². The number of hydrogen-bond donors (Lipinski definition) is 1. The standard InChI is InChI=1S/C11H11BrO4S/c12-9-3-7-1-2-16-11(7)8(4-9)5-17(15)6-10(13)14/h3-4H,1-2,5-6H2,(H,13,14). The average Bonchev–Trinajstić information content (AvgIpc) is 2.63. The van der Waals surface area contributed by atoms with Gasteiger partial charge in [0.2, 0.25) is 0 Å². The molecule has 0 bridgehead atoms. The number of carbonyl (C=O) groups is 1. The normalized spacial score (nSPS) is 15.1. The molecular weight excluding hydrogens is 308 g/mol. The monoisotopic (exact) mass is 318 g/mol. The summed E-state index contributed by atoms with van der Waals surface area (Å²) in [5.41, 5.74) is 1.90. The minimum Gasteiger partial charge on any atom is -0.493 e. The smallest absolute Gasteiger partial charge is 0.316 e. The van der Waals surface area contributed by atoms with Crippen LogP contribution in [0.2, 0.25) is 0 Å². The number of aliphatic carboxylic acids is 1. The fraction of sp³-hybridized carbons (Fsp3) is 0.364. The van der Waals surface area contributed by atoms with E-state index in [1.54, 1.807) is 0 Å². The zero-order valence-electron chi connectivity index (χ0n) is 8.94. The Bertz CT molecular complexity index is 487. The predicted octanol–water partition coefficient (Wildman–Crippen LogP) is 1.72. The highest BCUT2D eigenvalue weighted by molar-refractivity contribution is 9.10. The topological polar surface area (TPSA) is 63.6 Å². The van der Waals surface area contributed by atoms with Crippen molar-refractivity contribution in [2.75, 3.05) is 12.4 Å². The van der Waals surface area contributed by atoms with E-state index in [4.69, 9.17) is 9.84 Å². The molecule has 0 amide bonds. The lowest BCUT2D eigenvalue weighted by Gasteiger charge is -2.08. The highest BCUT2D eigenvalue weighted by Crippen LogP contribution is 2.33. The van der Waals surface area contributed by atoms with Crippen LogP contribution in [0.4, 0.5) is 0 Å². The Morgan fingerprint density at radius 2 is 2.29 bits per heavy atom. The van der Waals surface area contributed by atoms with Gasteiger partial charge in [0.25, 0.3) is 0 Å². The van der Waals surface area contributed by atoms with Gasteiger partial charge in [-0.15, -0.1) is 0 Å². The van der Waals surface area contributed by atoms with E-state index in [9.17, 15) is 9.00 Å². The molecule has 1 aromatic rings. The third-order valence-corrected chi connectivity index (χ3v) is 4.09. The maximum atomic E-state index is 11.6. The van der Waals surface area contributed by atoms with Gasteiger partial charge in [-0.2, -0.15) is 0 Å². The number of fused-ring (bicyclic) bond motifs is 1. The molecule has 1 atom stereocenters. The molecule has 4 nitrogen and oxygen atoms in total. The van der Waals surface area contributed by atoms with Crippen molar-refractivity contribution in [1.29, 1.82) is 0 Å². The zero-order valence-corrected chi connectivity index (χ0v) is 11.3. The number of halogens is 1. The predicted molar refractivity (Wildman–Crippen MR) is 67.7 cm³/mol. The summed E-state index contributed by atoms with van der Waals surface area (Å²) in [5, 5.41) is 8.58. The molecule has 0 saturated heterocycles. The summed E-state index contributed by atoms with van der Waals surface area (Å²) in [6.45, 7) is 0.629. The third-order valence-electron chi connectivity index (χ3n) is 2.43. The maximum Gasteiger partial charge on any atom is 0.316 e. The minimum atomic E-state index is -1.40. The van der Waals surface area contributed by atoms with E-state index < -0.39 is 16.8 Å². The molecule has 6 heteroatoms. The lowest BCUT2D eigenvalue weighted by Crippen LogP contribution is -2.11. The number of hydrogen-bond acceptors (Lipinski definition) is 3. The van der Waals surface area contributed by atoms with E-state index in [1.165, 1.54) is 0 Å². The van der Waals surface area contributed by atoms with Gasteiger partial charge in [-0.05, 0) is 17.7 Å².